The molecule has 1 fully saturated rings. The number of hydrogen-bond acceptors (Lipinski definition) is 2. The topological polar surface area (TPSA) is 32.6 Å². The highest BCUT2D eigenvalue weighted by Crippen LogP contribution is 2.31. The summed E-state index contributed by atoms with van der Waals surface area (Å²) in [6.45, 7) is 1.95. The number of ether oxygens (including phenoxy) is 2. The van der Waals surface area contributed by atoms with Crippen LogP contribution in [0.25, 0.3) is 0 Å². The third-order valence-corrected chi connectivity index (χ3v) is 3.12. The Morgan fingerprint density at radius 1 is 1.00 bits per heavy atom. The van der Waals surface area contributed by atoms with Gasteiger partial charge in [0.15, 0.2) is 0 Å². The van der Waals surface area contributed by atoms with Gasteiger partial charge in [-0.2, -0.15) is 0 Å². The van der Waals surface area contributed by atoms with Crippen LogP contribution in [0, 0.1) is 0 Å². The van der Waals surface area contributed by atoms with Crippen LogP contribution in [0.4, 0.5) is 0 Å². The third kappa shape index (κ3) is 2.47. The van der Waals surface area contributed by atoms with E-state index in [4.69, 9.17) is 9.47 Å². The minimum Gasteiger partial charge on any atom is -0.497 e. The Kier molecular flexibility index (Phi) is 3.67. The Labute approximate surface area is 96.8 Å². The summed E-state index contributed by atoms with van der Waals surface area (Å²) in [5, 5.41) is 4.38. The van der Waals surface area contributed by atoms with Crippen molar-refractivity contribution in [2.24, 2.45) is 0 Å². The molecule has 0 N–H and O–H groups in total. The van der Waals surface area contributed by atoms with Crippen LogP contribution in [0.1, 0.15) is 24.3 Å². The summed E-state index contributed by atoms with van der Waals surface area (Å²) >= 11 is 0. The van der Waals surface area contributed by atoms with Crippen molar-refractivity contribution in [3.05, 3.63) is 23.8 Å². The molecule has 1 aliphatic rings. The minimum atomic E-state index is 0.599. The summed E-state index contributed by atoms with van der Waals surface area (Å²) in [4.78, 5) is 0. The highest BCUT2D eigenvalue weighted by Gasteiger charge is 2.17. The fourth-order valence-corrected chi connectivity index (χ4v) is 2.15. The molecule has 0 atom stereocenters. The standard InChI is InChI=1S/C13H18NO2/c1-15-12-7-11(8-13(9-12)16-2)10-3-5-14-6-4-10/h7-10H,3-6H2,1-2H3. The quantitative estimate of drug-likeness (QED) is 0.782. The molecule has 0 aromatic heterocycles. The van der Waals surface area contributed by atoms with E-state index in [0.717, 1.165) is 37.4 Å². The monoisotopic (exact) mass is 220 g/mol. The normalized spacial score (nSPS) is 17.1. The van der Waals surface area contributed by atoms with E-state index in [1.165, 1.54) is 5.56 Å². The Balaban J connectivity index is 2.24. The van der Waals surface area contributed by atoms with E-state index in [1.807, 2.05) is 6.07 Å². The van der Waals surface area contributed by atoms with Gasteiger partial charge < -0.3 is 9.47 Å². The second-order valence-corrected chi connectivity index (χ2v) is 4.09. The van der Waals surface area contributed by atoms with Gasteiger partial charge in [-0.1, -0.05) is 0 Å². The van der Waals surface area contributed by atoms with Gasteiger partial charge in [0.25, 0.3) is 0 Å². The van der Waals surface area contributed by atoms with Crippen LogP contribution in [0.15, 0.2) is 18.2 Å². The molecule has 1 aliphatic heterocycles. The maximum absolute atomic E-state index is 5.28. The molecule has 0 bridgehead atoms. The number of benzene rings is 1. The molecule has 1 radical (unpaired) electrons. The first-order valence-corrected chi connectivity index (χ1v) is 5.69. The summed E-state index contributed by atoms with van der Waals surface area (Å²) in [5.74, 6) is 2.34. The van der Waals surface area contributed by atoms with E-state index in [2.05, 4.69) is 17.4 Å². The van der Waals surface area contributed by atoms with Gasteiger partial charge in [-0.3, -0.25) is 0 Å². The molecule has 3 nitrogen and oxygen atoms in total. The van der Waals surface area contributed by atoms with Gasteiger partial charge in [-0.25, -0.2) is 5.32 Å². The van der Waals surface area contributed by atoms with Crippen LogP contribution in [-0.4, -0.2) is 27.3 Å². The lowest BCUT2D eigenvalue weighted by Gasteiger charge is -2.22. The number of piperidine rings is 1. The molecular weight excluding hydrogens is 202 g/mol. The number of nitrogens with zero attached hydrogens (tertiary/aromatic N) is 1. The average Bonchev–Trinajstić information content (AvgIpc) is 2.39. The molecule has 1 aromatic carbocycles. The number of rotatable bonds is 3. The van der Waals surface area contributed by atoms with Crippen LogP contribution in [-0.2, 0) is 0 Å². The maximum atomic E-state index is 5.28. The molecule has 0 amide bonds. The van der Waals surface area contributed by atoms with Crippen molar-refractivity contribution in [3.8, 4) is 11.5 Å². The molecule has 2 rings (SSSR count). The predicted octanol–water partition coefficient (Wildman–Crippen LogP) is 2.19. The first-order valence-electron chi connectivity index (χ1n) is 5.69. The largest absolute Gasteiger partial charge is 0.497 e. The molecule has 1 saturated heterocycles. The third-order valence-electron chi connectivity index (χ3n) is 3.12. The van der Waals surface area contributed by atoms with Crippen molar-refractivity contribution in [3.63, 3.8) is 0 Å². The number of methoxy groups -OCH3 is 2. The lowest BCUT2D eigenvalue weighted by atomic mass is 9.90. The molecule has 3 heteroatoms. The van der Waals surface area contributed by atoms with Crippen LogP contribution >= 0.6 is 0 Å². The zero-order valence-corrected chi connectivity index (χ0v) is 9.90. The zero-order chi connectivity index (χ0) is 11.4. The van der Waals surface area contributed by atoms with Crippen molar-refractivity contribution in [2.75, 3.05) is 27.3 Å². The van der Waals surface area contributed by atoms with Crippen molar-refractivity contribution < 1.29 is 9.47 Å². The van der Waals surface area contributed by atoms with E-state index in [9.17, 15) is 0 Å². The summed E-state index contributed by atoms with van der Waals surface area (Å²) in [5.41, 5.74) is 1.31. The van der Waals surface area contributed by atoms with Gasteiger partial charge in [0.2, 0.25) is 0 Å². The van der Waals surface area contributed by atoms with E-state index in [0.29, 0.717) is 5.92 Å². The van der Waals surface area contributed by atoms with Crippen LogP contribution < -0.4 is 14.8 Å². The van der Waals surface area contributed by atoms with Gasteiger partial charge in [-0.05, 0) is 36.5 Å². The van der Waals surface area contributed by atoms with E-state index in [-0.39, 0.29) is 0 Å². The summed E-state index contributed by atoms with van der Waals surface area (Å²) in [7, 11) is 3.38. The highest BCUT2D eigenvalue weighted by molar-refractivity contribution is 5.40. The molecule has 87 valence electrons. The smallest absolute Gasteiger partial charge is 0.122 e. The van der Waals surface area contributed by atoms with E-state index >= 15 is 0 Å². The fourth-order valence-electron chi connectivity index (χ4n) is 2.15. The first-order chi connectivity index (χ1) is 7.83. The molecule has 0 saturated carbocycles. The van der Waals surface area contributed by atoms with Crippen LogP contribution in [0.5, 0.6) is 11.5 Å². The predicted molar refractivity (Wildman–Crippen MR) is 63.4 cm³/mol. The van der Waals surface area contributed by atoms with Crippen LogP contribution in [0.3, 0.4) is 0 Å². The van der Waals surface area contributed by atoms with Gasteiger partial charge in [0.05, 0.1) is 14.2 Å². The van der Waals surface area contributed by atoms with Gasteiger partial charge in [0, 0.05) is 19.2 Å². The van der Waals surface area contributed by atoms with Gasteiger partial charge in [-0.15, -0.1) is 0 Å². The summed E-state index contributed by atoms with van der Waals surface area (Å²) in [6.07, 6.45) is 2.27. The lowest BCUT2D eigenvalue weighted by molar-refractivity contribution is 0.389. The van der Waals surface area contributed by atoms with Crippen molar-refractivity contribution in [1.82, 2.24) is 5.32 Å². The van der Waals surface area contributed by atoms with E-state index in [1.54, 1.807) is 14.2 Å². The van der Waals surface area contributed by atoms with Crippen molar-refractivity contribution in [1.29, 1.82) is 0 Å². The molecule has 0 unspecified atom stereocenters. The molecule has 1 heterocycles. The SMILES string of the molecule is COc1cc(OC)cc(C2CC[N]CC2)c1. The lowest BCUT2D eigenvalue weighted by Crippen LogP contribution is -2.21. The Morgan fingerprint density at radius 2 is 1.56 bits per heavy atom. The minimum absolute atomic E-state index is 0.599. The average molecular weight is 220 g/mol. The van der Waals surface area contributed by atoms with Crippen molar-refractivity contribution >= 4 is 0 Å². The summed E-state index contributed by atoms with van der Waals surface area (Å²) in [6, 6.07) is 6.13. The second-order valence-electron chi connectivity index (χ2n) is 4.09. The zero-order valence-electron chi connectivity index (χ0n) is 9.90. The number of hydrogen-bond donors (Lipinski definition) is 0. The molecule has 16 heavy (non-hydrogen) atoms. The second kappa shape index (κ2) is 5.21. The highest BCUT2D eigenvalue weighted by atomic mass is 16.5. The molecule has 0 spiro atoms. The molecule has 1 aromatic rings. The Morgan fingerprint density at radius 3 is 2.06 bits per heavy atom. The molecule has 0 aliphatic carbocycles. The Bertz CT molecular complexity index is 324. The summed E-state index contributed by atoms with van der Waals surface area (Å²) < 4.78 is 10.6. The first kappa shape index (κ1) is 11.3. The van der Waals surface area contributed by atoms with Crippen molar-refractivity contribution in [2.45, 2.75) is 18.8 Å². The maximum Gasteiger partial charge on any atom is 0.122 e. The van der Waals surface area contributed by atoms with E-state index < -0.39 is 0 Å². The molecular formula is C13H18NO2. The fraction of sp³-hybridized carbons (Fsp3) is 0.538. The van der Waals surface area contributed by atoms with Crippen LogP contribution in [0.2, 0.25) is 0 Å². The Hall–Kier alpha value is -1.22. The van der Waals surface area contributed by atoms with Gasteiger partial charge >= 0.3 is 0 Å². The van der Waals surface area contributed by atoms with Gasteiger partial charge in [0.1, 0.15) is 11.5 Å².